The standard InChI is InChI=1S/C12H15N3O2S2/c1-12(2,11-14-7-8-18-11)15-9-3-5-10(6-4-9)19(13,16)17/h3-8,15H,1-2H3,(H2,13,16,17). The van der Waals surface area contributed by atoms with Crippen LogP contribution in [0.4, 0.5) is 5.69 Å². The molecular weight excluding hydrogens is 282 g/mol. The molecule has 19 heavy (non-hydrogen) atoms. The number of primary sulfonamides is 1. The first-order chi connectivity index (χ1) is 8.79. The summed E-state index contributed by atoms with van der Waals surface area (Å²) in [6.45, 7) is 4.03. The van der Waals surface area contributed by atoms with Crippen molar-refractivity contribution in [3.8, 4) is 0 Å². The molecule has 0 spiro atoms. The zero-order valence-corrected chi connectivity index (χ0v) is 12.3. The van der Waals surface area contributed by atoms with Gasteiger partial charge >= 0.3 is 0 Å². The lowest BCUT2D eigenvalue weighted by Gasteiger charge is -2.25. The van der Waals surface area contributed by atoms with Crippen molar-refractivity contribution >= 4 is 27.0 Å². The molecule has 0 aliphatic heterocycles. The summed E-state index contributed by atoms with van der Waals surface area (Å²) in [5.74, 6) is 0. The lowest BCUT2D eigenvalue weighted by Crippen LogP contribution is -2.27. The number of nitrogens with one attached hydrogen (secondary N) is 1. The molecule has 0 aliphatic carbocycles. The Bertz CT molecular complexity index is 647. The minimum Gasteiger partial charge on any atom is -0.374 e. The first-order valence-corrected chi connectivity index (χ1v) is 8.03. The van der Waals surface area contributed by atoms with E-state index in [1.807, 2.05) is 19.2 Å². The molecule has 5 nitrogen and oxygen atoms in total. The maximum atomic E-state index is 11.2. The van der Waals surface area contributed by atoms with Crippen molar-refractivity contribution < 1.29 is 8.42 Å². The minimum atomic E-state index is -3.64. The van der Waals surface area contributed by atoms with Gasteiger partial charge in [0.2, 0.25) is 10.0 Å². The Morgan fingerprint density at radius 2 is 1.89 bits per heavy atom. The van der Waals surface area contributed by atoms with Crippen LogP contribution < -0.4 is 10.5 Å². The predicted octanol–water partition coefficient (Wildman–Crippen LogP) is 2.14. The number of nitrogens with zero attached hydrogens (tertiary/aromatic N) is 1. The van der Waals surface area contributed by atoms with E-state index in [0.29, 0.717) is 0 Å². The molecule has 1 aromatic heterocycles. The maximum Gasteiger partial charge on any atom is 0.238 e. The summed E-state index contributed by atoms with van der Waals surface area (Å²) < 4.78 is 22.3. The van der Waals surface area contributed by atoms with Crippen LogP contribution in [0.1, 0.15) is 18.9 Å². The van der Waals surface area contributed by atoms with E-state index in [9.17, 15) is 8.42 Å². The molecule has 0 atom stereocenters. The van der Waals surface area contributed by atoms with Crippen molar-refractivity contribution in [3.63, 3.8) is 0 Å². The van der Waals surface area contributed by atoms with Gasteiger partial charge in [0.15, 0.2) is 0 Å². The SMILES string of the molecule is CC(C)(Nc1ccc(S(N)(=O)=O)cc1)c1nccs1. The van der Waals surface area contributed by atoms with Gasteiger partial charge in [0.1, 0.15) is 5.01 Å². The Hall–Kier alpha value is -1.44. The molecule has 0 unspecified atom stereocenters. The van der Waals surface area contributed by atoms with Crippen molar-refractivity contribution in [1.82, 2.24) is 4.98 Å². The fourth-order valence-electron chi connectivity index (χ4n) is 1.67. The highest BCUT2D eigenvalue weighted by Crippen LogP contribution is 2.27. The van der Waals surface area contributed by atoms with Crippen LogP contribution in [0.3, 0.4) is 0 Å². The van der Waals surface area contributed by atoms with Crippen LogP contribution in [0.5, 0.6) is 0 Å². The molecule has 7 heteroatoms. The van der Waals surface area contributed by atoms with Crippen molar-refractivity contribution in [2.75, 3.05) is 5.32 Å². The molecule has 102 valence electrons. The van der Waals surface area contributed by atoms with Crippen molar-refractivity contribution in [2.24, 2.45) is 5.14 Å². The Balaban J connectivity index is 2.21. The lowest BCUT2D eigenvalue weighted by molar-refractivity contribution is 0.597. The lowest BCUT2D eigenvalue weighted by atomic mass is 10.1. The van der Waals surface area contributed by atoms with Crippen molar-refractivity contribution in [2.45, 2.75) is 24.3 Å². The number of hydrogen-bond acceptors (Lipinski definition) is 5. The van der Waals surface area contributed by atoms with E-state index in [-0.39, 0.29) is 10.4 Å². The smallest absolute Gasteiger partial charge is 0.238 e. The second-order valence-electron chi connectivity index (χ2n) is 4.66. The number of hydrogen-bond donors (Lipinski definition) is 2. The molecule has 0 fully saturated rings. The Labute approximate surface area is 116 Å². The number of sulfonamides is 1. The third-order valence-corrected chi connectivity index (χ3v) is 4.63. The third kappa shape index (κ3) is 3.31. The molecule has 1 aromatic carbocycles. The van der Waals surface area contributed by atoms with E-state index in [1.54, 1.807) is 29.7 Å². The van der Waals surface area contributed by atoms with E-state index < -0.39 is 10.0 Å². The third-order valence-electron chi connectivity index (χ3n) is 2.61. The predicted molar refractivity (Wildman–Crippen MR) is 76.6 cm³/mol. The summed E-state index contributed by atoms with van der Waals surface area (Å²) in [7, 11) is -3.64. The summed E-state index contributed by atoms with van der Waals surface area (Å²) in [5.41, 5.74) is 0.490. The van der Waals surface area contributed by atoms with E-state index in [1.165, 1.54) is 12.1 Å². The minimum absolute atomic E-state index is 0.102. The Morgan fingerprint density at radius 3 is 2.37 bits per heavy atom. The molecule has 1 heterocycles. The molecular formula is C12H15N3O2S2. The average molecular weight is 297 g/mol. The van der Waals surface area contributed by atoms with Crippen molar-refractivity contribution in [3.05, 3.63) is 40.8 Å². The number of anilines is 1. The van der Waals surface area contributed by atoms with Gasteiger partial charge < -0.3 is 5.32 Å². The Morgan fingerprint density at radius 1 is 1.26 bits per heavy atom. The van der Waals surface area contributed by atoms with Crippen LogP contribution in [0.2, 0.25) is 0 Å². The highest BCUT2D eigenvalue weighted by molar-refractivity contribution is 7.89. The summed E-state index contributed by atoms with van der Waals surface area (Å²) in [5, 5.41) is 11.2. The zero-order chi connectivity index (χ0) is 14.1. The highest BCUT2D eigenvalue weighted by Gasteiger charge is 2.23. The molecule has 0 bridgehead atoms. The fraction of sp³-hybridized carbons (Fsp3) is 0.250. The van der Waals surface area contributed by atoms with E-state index in [4.69, 9.17) is 5.14 Å². The van der Waals surface area contributed by atoms with Crippen LogP contribution in [0.15, 0.2) is 40.7 Å². The van der Waals surface area contributed by atoms with Crippen LogP contribution >= 0.6 is 11.3 Å². The quantitative estimate of drug-likeness (QED) is 0.905. The van der Waals surface area contributed by atoms with E-state index in [2.05, 4.69) is 10.3 Å². The molecule has 0 amide bonds. The summed E-state index contributed by atoms with van der Waals surface area (Å²) in [6, 6.07) is 6.34. The number of rotatable bonds is 4. The van der Waals surface area contributed by atoms with Crippen LogP contribution in [-0.4, -0.2) is 13.4 Å². The highest BCUT2D eigenvalue weighted by atomic mass is 32.2. The molecule has 0 saturated heterocycles. The molecule has 0 radical (unpaired) electrons. The van der Waals surface area contributed by atoms with Gasteiger partial charge in [0, 0.05) is 17.3 Å². The van der Waals surface area contributed by atoms with Gasteiger partial charge in [-0.1, -0.05) is 0 Å². The zero-order valence-electron chi connectivity index (χ0n) is 10.6. The van der Waals surface area contributed by atoms with Gasteiger partial charge in [-0.05, 0) is 38.1 Å². The van der Waals surface area contributed by atoms with Gasteiger partial charge in [0.25, 0.3) is 0 Å². The van der Waals surface area contributed by atoms with Gasteiger partial charge in [0.05, 0.1) is 10.4 Å². The van der Waals surface area contributed by atoms with E-state index in [0.717, 1.165) is 10.7 Å². The number of nitrogens with two attached hydrogens (primary N) is 1. The largest absolute Gasteiger partial charge is 0.374 e. The molecule has 0 saturated carbocycles. The topological polar surface area (TPSA) is 85.1 Å². The van der Waals surface area contributed by atoms with Crippen LogP contribution in [0, 0.1) is 0 Å². The summed E-state index contributed by atoms with van der Waals surface area (Å²) in [6.07, 6.45) is 1.76. The first kappa shape index (κ1) is 14.0. The van der Waals surface area contributed by atoms with Crippen LogP contribution in [-0.2, 0) is 15.6 Å². The molecule has 3 N–H and O–H groups in total. The number of thiazole rings is 1. The molecule has 2 aromatic rings. The Kier molecular flexibility index (Phi) is 3.62. The van der Waals surface area contributed by atoms with Gasteiger partial charge in [-0.2, -0.15) is 0 Å². The van der Waals surface area contributed by atoms with Gasteiger partial charge in [-0.15, -0.1) is 11.3 Å². The maximum absolute atomic E-state index is 11.2. The first-order valence-electron chi connectivity index (χ1n) is 5.60. The molecule has 2 rings (SSSR count). The normalized spacial score (nSPS) is 12.4. The second kappa shape index (κ2) is 4.92. The number of benzene rings is 1. The fourth-order valence-corrected chi connectivity index (χ4v) is 2.91. The second-order valence-corrected chi connectivity index (χ2v) is 7.11. The van der Waals surface area contributed by atoms with Gasteiger partial charge in [-0.3, -0.25) is 0 Å². The monoisotopic (exact) mass is 297 g/mol. The van der Waals surface area contributed by atoms with Crippen LogP contribution in [0.25, 0.3) is 0 Å². The van der Waals surface area contributed by atoms with Gasteiger partial charge in [-0.25, -0.2) is 18.5 Å². The average Bonchev–Trinajstić information content (AvgIpc) is 2.82. The summed E-state index contributed by atoms with van der Waals surface area (Å²) >= 11 is 1.57. The molecule has 0 aliphatic rings. The summed E-state index contributed by atoms with van der Waals surface area (Å²) in [4.78, 5) is 4.38. The van der Waals surface area contributed by atoms with E-state index >= 15 is 0 Å². The number of aromatic nitrogens is 1. The van der Waals surface area contributed by atoms with Crippen molar-refractivity contribution in [1.29, 1.82) is 0 Å².